The van der Waals surface area contributed by atoms with Crippen molar-refractivity contribution in [3.63, 3.8) is 0 Å². The van der Waals surface area contributed by atoms with Crippen LogP contribution in [0, 0.1) is 0 Å². The summed E-state index contributed by atoms with van der Waals surface area (Å²) in [5.41, 5.74) is -2.26. The lowest BCUT2D eigenvalue weighted by Gasteiger charge is -2.26. The molecule has 0 bridgehead atoms. The number of sulfonamides is 1. The number of hydrogen-bond acceptors (Lipinski definition) is 10. The lowest BCUT2D eigenvalue weighted by molar-refractivity contribution is -0.144. The number of carbonyl (C=O) groups is 2. The fourth-order valence-electron chi connectivity index (χ4n) is 2.64. The van der Waals surface area contributed by atoms with E-state index in [0.29, 0.717) is 32.4 Å². The van der Waals surface area contributed by atoms with E-state index in [9.17, 15) is 23.1 Å². The quantitative estimate of drug-likeness (QED) is 0.148. The lowest BCUT2D eigenvalue weighted by Crippen LogP contribution is -2.63. The van der Waals surface area contributed by atoms with Gasteiger partial charge in [-0.3, -0.25) is 15.4 Å². The SMILES string of the molecule is CCCCS(=O)(=O)NC(C)(NC(=O)c1cc(OCCCNC2NC=CCN2)no1)C(=O)O. The van der Waals surface area contributed by atoms with Crippen LogP contribution in [0.5, 0.6) is 5.88 Å². The van der Waals surface area contributed by atoms with E-state index < -0.39 is 27.6 Å². The molecule has 0 fully saturated rings. The van der Waals surface area contributed by atoms with Crippen LogP contribution in [0.2, 0.25) is 0 Å². The smallest absolute Gasteiger partial charge is 0.345 e. The van der Waals surface area contributed by atoms with Gasteiger partial charge in [0.25, 0.3) is 11.8 Å². The van der Waals surface area contributed by atoms with Gasteiger partial charge in [0.15, 0.2) is 0 Å². The van der Waals surface area contributed by atoms with Gasteiger partial charge in [-0.2, -0.15) is 4.72 Å². The maximum absolute atomic E-state index is 12.4. The van der Waals surface area contributed by atoms with E-state index in [4.69, 9.17) is 9.26 Å². The molecule has 0 spiro atoms. The van der Waals surface area contributed by atoms with Crippen molar-refractivity contribution in [3.8, 4) is 5.88 Å². The van der Waals surface area contributed by atoms with Gasteiger partial charge < -0.3 is 25.0 Å². The van der Waals surface area contributed by atoms with Gasteiger partial charge in [-0.1, -0.05) is 19.4 Å². The minimum absolute atomic E-state index is 0.0229. The van der Waals surface area contributed by atoms with Gasteiger partial charge in [0.1, 0.15) is 6.29 Å². The Balaban J connectivity index is 1.84. The molecule has 1 amide bonds. The number of aromatic nitrogens is 1. The molecule has 0 saturated carbocycles. The maximum Gasteiger partial charge on any atom is 0.345 e. The Hall–Kier alpha value is -2.68. The van der Waals surface area contributed by atoms with Gasteiger partial charge in [0.2, 0.25) is 21.4 Å². The van der Waals surface area contributed by atoms with E-state index in [-0.39, 0.29) is 23.7 Å². The van der Waals surface area contributed by atoms with E-state index in [1.807, 2.05) is 17.0 Å². The number of nitrogens with one attached hydrogen (secondary N) is 5. The Kier molecular flexibility index (Phi) is 9.43. The maximum atomic E-state index is 12.4. The third-order valence-corrected chi connectivity index (χ3v) is 5.92. The highest BCUT2D eigenvalue weighted by Crippen LogP contribution is 2.13. The molecule has 2 rings (SSSR count). The zero-order valence-corrected chi connectivity index (χ0v) is 18.8. The van der Waals surface area contributed by atoms with Crippen LogP contribution in [0.25, 0.3) is 0 Å². The van der Waals surface area contributed by atoms with Crippen molar-refractivity contribution in [2.75, 3.05) is 25.4 Å². The van der Waals surface area contributed by atoms with Crippen molar-refractivity contribution in [1.82, 2.24) is 31.1 Å². The number of ether oxygens (including phenoxy) is 1. The number of rotatable bonds is 14. The van der Waals surface area contributed by atoms with Crippen LogP contribution < -0.4 is 30.7 Å². The number of carboxylic acid groups (broad SMARTS) is 1. The molecule has 13 nitrogen and oxygen atoms in total. The summed E-state index contributed by atoms with van der Waals surface area (Å²) < 4.78 is 36.5. The molecule has 2 atom stereocenters. The summed E-state index contributed by atoms with van der Waals surface area (Å²) in [6.07, 6.45) is 5.40. The van der Waals surface area contributed by atoms with Crippen LogP contribution in [0.15, 0.2) is 22.9 Å². The molecule has 0 aromatic carbocycles. The van der Waals surface area contributed by atoms with Crippen molar-refractivity contribution in [2.24, 2.45) is 0 Å². The average molecular weight is 475 g/mol. The Morgan fingerprint density at radius 1 is 1.41 bits per heavy atom. The molecule has 1 aromatic heterocycles. The summed E-state index contributed by atoms with van der Waals surface area (Å²) >= 11 is 0. The predicted octanol–water partition coefficient (Wildman–Crippen LogP) is -0.727. The van der Waals surface area contributed by atoms with E-state index in [1.165, 1.54) is 6.07 Å². The first-order valence-electron chi connectivity index (χ1n) is 10.2. The number of nitrogens with zero attached hydrogens (tertiary/aromatic N) is 1. The summed E-state index contributed by atoms with van der Waals surface area (Å²) in [6, 6.07) is 1.20. The topological polar surface area (TPSA) is 184 Å². The van der Waals surface area contributed by atoms with Crippen LogP contribution in [0.3, 0.4) is 0 Å². The Bertz CT molecular complexity index is 903. The van der Waals surface area contributed by atoms with Crippen LogP contribution >= 0.6 is 0 Å². The molecular weight excluding hydrogens is 444 g/mol. The molecule has 1 aliphatic rings. The molecule has 6 N–H and O–H groups in total. The minimum atomic E-state index is -3.93. The van der Waals surface area contributed by atoms with Crippen molar-refractivity contribution in [2.45, 2.75) is 45.1 Å². The molecule has 2 heterocycles. The fourth-order valence-corrected chi connectivity index (χ4v) is 4.17. The lowest BCUT2D eigenvalue weighted by atomic mass is 10.2. The van der Waals surface area contributed by atoms with Gasteiger partial charge in [-0.15, -0.1) is 0 Å². The van der Waals surface area contributed by atoms with E-state index in [2.05, 4.69) is 26.4 Å². The largest absolute Gasteiger partial charge is 0.478 e. The van der Waals surface area contributed by atoms with Crippen molar-refractivity contribution in [1.29, 1.82) is 0 Å². The highest BCUT2D eigenvalue weighted by atomic mass is 32.2. The normalized spacial score (nSPS) is 17.9. The molecule has 14 heteroatoms. The molecule has 1 aliphatic heterocycles. The molecule has 0 radical (unpaired) electrons. The van der Waals surface area contributed by atoms with Gasteiger partial charge in [-0.05, 0) is 31.1 Å². The minimum Gasteiger partial charge on any atom is -0.478 e. The second-order valence-corrected chi connectivity index (χ2v) is 9.10. The van der Waals surface area contributed by atoms with Gasteiger partial charge >= 0.3 is 5.97 Å². The van der Waals surface area contributed by atoms with Gasteiger partial charge in [0, 0.05) is 13.1 Å². The number of hydrogen-bond donors (Lipinski definition) is 6. The molecule has 2 unspecified atom stereocenters. The third-order valence-electron chi connectivity index (χ3n) is 4.37. The standard InChI is InChI=1S/C18H30N6O7S/c1-3-4-11-32(28,29)24-18(2,16(26)27)22-15(25)13-12-14(23-31-13)30-10-6-9-21-17-19-7-5-8-20-17/h5,7,12,17,19-21,24H,3-4,6,8-11H2,1-2H3,(H,22,25)(H,26,27). The molecule has 0 saturated heterocycles. The highest BCUT2D eigenvalue weighted by molar-refractivity contribution is 7.89. The zero-order chi connectivity index (χ0) is 23.6. The molecular formula is C18H30N6O7S. The van der Waals surface area contributed by atoms with Crippen molar-refractivity contribution >= 4 is 21.9 Å². The first-order valence-corrected chi connectivity index (χ1v) is 11.9. The van der Waals surface area contributed by atoms with Crippen molar-refractivity contribution in [3.05, 3.63) is 24.1 Å². The highest BCUT2D eigenvalue weighted by Gasteiger charge is 2.39. The number of aliphatic carboxylic acids is 1. The molecule has 0 aliphatic carbocycles. The number of amides is 1. The number of unbranched alkanes of at least 4 members (excludes halogenated alkanes) is 1. The van der Waals surface area contributed by atoms with Gasteiger partial charge in [-0.25, -0.2) is 13.2 Å². The van der Waals surface area contributed by atoms with E-state index >= 15 is 0 Å². The van der Waals surface area contributed by atoms with Crippen LogP contribution in [0.4, 0.5) is 0 Å². The summed E-state index contributed by atoms with van der Waals surface area (Å²) in [4.78, 5) is 24.0. The predicted molar refractivity (Wildman–Crippen MR) is 114 cm³/mol. The Morgan fingerprint density at radius 2 is 2.19 bits per heavy atom. The first-order chi connectivity index (χ1) is 15.1. The fraction of sp³-hybridized carbons (Fsp3) is 0.611. The third kappa shape index (κ3) is 8.11. The summed E-state index contributed by atoms with van der Waals surface area (Å²) in [6.45, 7) is 4.55. The number of carboxylic acids is 1. The molecule has 32 heavy (non-hydrogen) atoms. The number of carbonyl (C=O) groups excluding carboxylic acids is 1. The average Bonchev–Trinajstić information content (AvgIpc) is 3.21. The van der Waals surface area contributed by atoms with E-state index in [0.717, 1.165) is 13.5 Å². The van der Waals surface area contributed by atoms with Crippen molar-refractivity contribution < 1.29 is 32.4 Å². The Labute approximate surface area is 186 Å². The first kappa shape index (κ1) is 25.6. The summed E-state index contributed by atoms with van der Waals surface area (Å²) in [5, 5.41) is 24.7. The van der Waals surface area contributed by atoms with Gasteiger partial charge in [0.05, 0.1) is 18.4 Å². The monoisotopic (exact) mass is 474 g/mol. The molecule has 180 valence electrons. The summed E-state index contributed by atoms with van der Waals surface area (Å²) in [5.74, 6) is -3.07. The van der Waals surface area contributed by atoms with Crippen LogP contribution in [0.1, 0.15) is 43.7 Å². The second-order valence-electron chi connectivity index (χ2n) is 7.25. The zero-order valence-electron chi connectivity index (χ0n) is 18.0. The summed E-state index contributed by atoms with van der Waals surface area (Å²) in [7, 11) is -3.93. The Morgan fingerprint density at radius 3 is 2.84 bits per heavy atom. The van der Waals surface area contributed by atoms with Crippen LogP contribution in [-0.2, 0) is 14.8 Å². The second kappa shape index (κ2) is 11.8. The molecule has 1 aromatic rings. The van der Waals surface area contributed by atoms with Crippen LogP contribution in [-0.4, -0.2) is 68.0 Å². The van der Waals surface area contributed by atoms with E-state index in [1.54, 1.807) is 6.92 Å².